The third kappa shape index (κ3) is 7.11. The fraction of sp³-hybridized carbons (Fsp3) is 0.467. The third-order valence-electron chi connectivity index (χ3n) is 2.86. The highest BCUT2D eigenvalue weighted by molar-refractivity contribution is 6.30. The summed E-state index contributed by atoms with van der Waals surface area (Å²) >= 11 is 5.80. The molecule has 0 heterocycles. The number of nitrogens with one attached hydrogen (secondary N) is 1. The molecule has 0 saturated carbocycles. The van der Waals surface area contributed by atoms with Gasteiger partial charge in [0.1, 0.15) is 6.61 Å². The molecule has 0 saturated heterocycles. The molecule has 1 atom stereocenters. The predicted octanol–water partition coefficient (Wildman–Crippen LogP) is 2.79. The maximum absolute atomic E-state index is 11.8. The van der Waals surface area contributed by atoms with Gasteiger partial charge in [0.05, 0.1) is 12.5 Å². The van der Waals surface area contributed by atoms with Crippen LogP contribution in [0.4, 0.5) is 0 Å². The van der Waals surface area contributed by atoms with Crippen LogP contribution in [0.15, 0.2) is 24.3 Å². The molecule has 116 valence electrons. The van der Waals surface area contributed by atoms with Gasteiger partial charge in [0.25, 0.3) is 0 Å². The molecular formula is C15H20ClNO4. The highest BCUT2D eigenvalue weighted by atomic mass is 35.5. The second kappa shape index (κ2) is 9.37. The summed E-state index contributed by atoms with van der Waals surface area (Å²) in [6.07, 6.45) is 1.69. The molecule has 0 aliphatic heterocycles. The zero-order valence-corrected chi connectivity index (χ0v) is 12.7. The number of carboxylic acids is 1. The Morgan fingerprint density at radius 2 is 2.00 bits per heavy atom. The molecule has 2 N–H and O–H groups in total. The Morgan fingerprint density at radius 1 is 1.33 bits per heavy atom. The number of unbranched alkanes of at least 4 members (excludes halogenated alkanes) is 1. The predicted molar refractivity (Wildman–Crippen MR) is 80.3 cm³/mol. The molecule has 0 aliphatic rings. The number of halogens is 1. The van der Waals surface area contributed by atoms with E-state index in [1.807, 2.05) is 6.92 Å². The van der Waals surface area contributed by atoms with Crippen LogP contribution in [0.3, 0.4) is 0 Å². The van der Waals surface area contributed by atoms with Crippen molar-refractivity contribution in [3.05, 3.63) is 34.9 Å². The Bertz CT molecular complexity index is 461. The zero-order chi connectivity index (χ0) is 15.7. The van der Waals surface area contributed by atoms with Crippen molar-refractivity contribution in [3.8, 4) is 0 Å². The summed E-state index contributed by atoms with van der Waals surface area (Å²) in [5.41, 5.74) is 0.698. The molecule has 1 aromatic carbocycles. The average Bonchev–Trinajstić information content (AvgIpc) is 2.43. The van der Waals surface area contributed by atoms with Crippen LogP contribution >= 0.6 is 11.6 Å². The lowest BCUT2D eigenvalue weighted by atomic mass is 10.0. The molecule has 0 aromatic heterocycles. The summed E-state index contributed by atoms with van der Waals surface area (Å²) in [6, 6.07) is 6.13. The Balaban J connectivity index is 2.59. The van der Waals surface area contributed by atoms with Gasteiger partial charge in [-0.15, -0.1) is 0 Å². The van der Waals surface area contributed by atoms with E-state index >= 15 is 0 Å². The summed E-state index contributed by atoms with van der Waals surface area (Å²) in [5.74, 6) is -1.31. The van der Waals surface area contributed by atoms with E-state index in [4.69, 9.17) is 21.4 Å². The molecule has 0 aliphatic carbocycles. The Labute approximate surface area is 129 Å². The molecule has 5 nitrogen and oxygen atoms in total. The number of carboxylic acid groups (broad SMARTS) is 1. The van der Waals surface area contributed by atoms with Crippen molar-refractivity contribution in [1.82, 2.24) is 5.32 Å². The van der Waals surface area contributed by atoms with Gasteiger partial charge in [-0.25, -0.2) is 0 Å². The van der Waals surface area contributed by atoms with E-state index in [9.17, 15) is 9.59 Å². The number of rotatable bonds is 9. The van der Waals surface area contributed by atoms with Crippen molar-refractivity contribution < 1.29 is 19.4 Å². The maximum atomic E-state index is 11.8. The van der Waals surface area contributed by atoms with Gasteiger partial charge in [0.2, 0.25) is 5.91 Å². The summed E-state index contributed by atoms with van der Waals surface area (Å²) in [6.45, 7) is 2.49. The molecule has 0 unspecified atom stereocenters. The van der Waals surface area contributed by atoms with E-state index < -0.39 is 12.0 Å². The Hall–Kier alpha value is -1.59. The maximum Gasteiger partial charge on any atom is 0.305 e. The minimum absolute atomic E-state index is 0.0658. The van der Waals surface area contributed by atoms with Crippen LogP contribution in [0.2, 0.25) is 5.02 Å². The number of carbonyl (C=O) groups excluding carboxylic acids is 1. The van der Waals surface area contributed by atoms with Crippen LogP contribution in [0.1, 0.15) is 37.8 Å². The summed E-state index contributed by atoms with van der Waals surface area (Å²) in [7, 11) is 0. The molecular weight excluding hydrogens is 294 g/mol. The minimum atomic E-state index is -0.984. The first-order valence-corrected chi connectivity index (χ1v) is 7.25. The van der Waals surface area contributed by atoms with Crippen LogP contribution in [0, 0.1) is 0 Å². The number of carbonyl (C=O) groups is 2. The number of aliphatic carboxylic acids is 1. The van der Waals surface area contributed by atoms with Crippen molar-refractivity contribution in [1.29, 1.82) is 0 Å². The Morgan fingerprint density at radius 3 is 2.57 bits per heavy atom. The lowest BCUT2D eigenvalue weighted by Gasteiger charge is -2.17. The molecule has 1 aromatic rings. The highest BCUT2D eigenvalue weighted by Crippen LogP contribution is 2.19. The Kier molecular flexibility index (Phi) is 7.79. The molecule has 0 bridgehead atoms. The normalized spacial score (nSPS) is 11.9. The summed E-state index contributed by atoms with van der Waals surface area (Å²) in [5, 5.41) is 12.2. The second-order valence-electron chi connectivity index (χ2n) is 4.68. The molecule has 0 fully saturated rings. The monoisotopic (exact) mass is 313 g/mol. The molecule has 1 amide bonds. The van der Waals surface area contributed by atoms with Crippen LogP contribution < -0.4 is 5.32 Å². The van der Waals surface area contributed by atoms with Crippen LogP contribution in [-0.2, 0) is 14.3 Å². The summed E-state index contributed by atoms with van der Waals surface area (Å²) < 4.78 is 5.22. The van der Waals surface area contributed by atoms with E-state index in [0.29, 0.717) is 17.2 Å². The standard InChI is InChI=1S/C15H20ClNO4/c1-2-3-8-21-10-14(18)17-13(9-15(19)20)11-4-6-12(16)7-5-11/h4-7,13H,2-3,8-10H2,1H3,(H,17,18)(H,19,20)/t13-/m0/s1. The van der Waals surface area contributed by atoms with Gasteiger partial charge < -0.3 is 15.2 Å². The van der Waals surface area contributed by atoms with Crippen LogP contribution in [0.5, 0.6) is 0 Å². The first kappa shape index (κ1) is 17.5. The lowest BCUT2D eigenvalue weighted by Crippen LogP contribution is -2.33. The number of hydrogen-bond donors (Lipinski definition) is 2. The van der Waals surface area contributed by atoms with Gasteiger partial charge in [0.15, 0.2) is 0 Å². The number of hydrogen-bond acceptors (Lipinski definition) is 3. The van der Waals surface area contributed by atoms with Gasteiger partial charge in [-0.3, -0.25) is 9.59 Å². The quantitative estimate of drug-likeness (QED) is 0.687. The van der Waals surface area contributed by atoms with E-state index in [1.54, 1.807) is 24.3 Å². The van der Waals surface area contributed by atoms with Crippen molar-refractivity contribution in [3.63, 3.8) is 0 Å². The highest BCUT2D eigenvalue weighted by Gasteiger charge is 2.18. The zero-order valence-electron chi connectivity index (χ0n) is 12.0. The largest absolute Gasteiger partial charge is 0.481 e. The first-order chi connectivity index (χ1) is 10.0. The summed E-state index contributed by atoms with van der Waals surface area (Å²) in [4.78, 5) is 22.7. The minimum Gasteiger partial charge on any atom is -0.481 e. The van der Waals surface area contributed by atoms with E-state index in [2.05, 4.69) is 5.32 Å². The smallest absolute Gasteiger partial charge is 0.305 e. The molecule has 21 heavy (non-hydrogen) atoms. The van der Waals surface area contributed by atoms with Crippen molar-refractivity contribution in [2.75, 3.05) is 13.2 Å². The molecule has 0 spiro atoms. The topological polar surface area (TPSA) is 75.6 Å². The number of amides is 1. The van der Waals surface area contributed by atoms with Gasteiger partial charge in [-0.2, -0.15) is 0 Å². The van der Waals surface area contributed by atoms with Crippen LogP contribution in [0.25, 0.3) is 0 Å². The fourth-order valence-corrected chi connectivity index (χ4v) is 1.90. The molecule has 1 rings (SSSR count). The number of ether oxygens (including phenoxy) is 1. The SMILES string of the molecule is CCCCOCC(=O)N[C@@H](CC(=O)O)c1ccc(Cl)cc1. The fourth-order valence-electron chi connectivity index (χ4n) is 1.77. The van der Waals surface area contributed by atoms with Crippen molar-refractivity contribution >= 4 is 23.5 Å². The van der Waals surface area contributed by atoms with Gasteiger partial charge in [0, 0.05) is 11.6 Å². The molecule has 0 radical (unpaired) electrons. The van der Waals surface area contributed by atoms with Gasteiger partial charge >= 0.3 is 5.97 Å². The van der Waals surface area contributed by atoms with E-state index in [0.717, 1.165) is 12.8 Å². The first-order valence-electron chi connectivity index (χ1n) is 6.87. The lowest BCUT2D eigenvalue weighted by molar-refractivity contribution is -0.138. The van der Waals surface area contributed by atoms with Crippen LogP contribution in [-0.4, -0.2) is 30.2 Å². The van der Waals surface area contributed by atoms with Crippen molar-refractivity contribution in [2.45, 2.75) is 32.2 Å². The van der Waals surface area contributed by atoms with Gasteiger partial charge in [-0.05, 0) is 24.1 Å². The van der Waals surface area contributed by atoms with E-state index in [-0.39, 0.29) is 18.9 Å². The van der Waals surface area contributed by atoms with Gasteiger partial charge in [-0.1, -0.05) is 37.1 Å². The average molecular weight is 314 g/mol. The van der Waals surface area contributed by atoms with Crippen molar-refractivity contribution in [2.24, 2.45) is 0 Å². The number of benzene rings is 1. The second-order valence-corrected chi connectivity index (χ2v) is 5.11. The molecule has 6 heteroatoms. The third-order valence-corrected chi connectivity index (χ3v) is 3.11. The van der Waals surface area contributed by atoms with E-state index in [1.165, 1.54) is 0 Å².